The Kier molecular flexibility index (Phi) is 4.77. The molecule has 0 aliphatic carbocycles. The van der Waals surface area contributed by atoms with Crippen molar-refractivity contribution in [2.24, 2.45) is 0 Å². The molecule has 2 atom stereocenters. The number of para-hydroxylation sites is 2. The summed E-state index contributed by atoms with van der Waals surface area (Å²) >= 11 is 0. The van der Waals surface area contributed by atoms with Gasteiger partial charge in [-0.15, -0.1) is 0 Å². The SMILES string of the molecule is CCC1(c2ccccc2)CCC(N(c2ccccc2)c2ccccc2)O1. The maximum absolute atomic E-state index is 6.78. The molecule has 0 spiro atoms. The Balaban J connectivity index is 1.70. The maximum Gasteiger partial charge on any atom is 0.135 e. The first kappa shape index (κ1) is 16.9. The quantitative estimate of drug-likeness (QED) is 0.541. The molecule has 1 heterocycles. The highest BCUT2D eigenvalue weighted by Crippen LogP contribution is 2.45. The highest BCUT2D eigenvalue weighted by molar-refractivity contribution is 5.63. The van der Waals surface area contributed by atoms with Crippen molar-refractivity contribution < 1.29 is 4.74 Å². The number of rotatable bonds is 5. The molecule has 2 nitrogen and oxygen atoms in total. The minimum absolute atomic E-state index is 0.0277. The van der Waals surface area contributed by atoms with Gasteiger partial charge >= 0.3 is 0 Å². The average Bonchev–Trinajstić information content (AvgIpc) is 3.16. The van der Waals surface area contributed by atoms with Crippen LogP contribution in [-0.4, -0.2) is 6.23 Å². The Hall–Kier alpha value is -2.58. The molecule has 1 aliphatic heterocycles. The topological polar surface area (TPSA) is 12.5 Å². The van der Waals surface area contributed by atoms with Crippen molar-refractivity contribution in [3.63, 3.8) is 0 Å². The van der Waals surface area contributed by atoms with Crippen LogP contribution < -0.4 is 4.90 Å². The first-order valence-electron chi connectivity index (χ1n) is 9.45. The molecule has 3 aromatic rings. The van der Waals surface area contributed by atoms with Gasteiger partial charge in [0.2, 0.25) is 0 Å². The highest BCUT2D eigenvalue weighted by atomic mass is 16.5. The number of hydrogen-bond donors (Lipinski definition) is 0. The molecular weight excluding hydrogens is 318 g/mol. The highest BCUT2D eigenvalue weighted by Gasteiger charge is 2.42. The summed E-state index contributed by atoms with van der Waals surface area (Å²) in [6, 6.07) is 31.8. The predicted octanol–water partition coefficient (Wildman–Crippen LogP) is 6.27. The van der Waals surface area contributed by atoms with Crippen LogP contribution in [-0.2, 0) is 10.3 Å². The van der Waals surface area contributed by atoms with Gasteiger partial charge in [-0.1, -0.05) is 73.7 Å². The summed E-state index contributed by atoms with van der Waals surface area (Å²) in [7, 11) is 0. The van der Waals surface area contributed by atoms with Gasteiger partial charge in [-0.05, 0) is 49.1 Å². The molecule has 3 aromatic carbocycles. The van der Waals surface area contributed by atoms with Gasteiger partial charge in [0.15, 0.2) is 0 Å². The lowest BCUT2D eigenvalue weighted by atomic mass is 9.88. The lowest BCUT2D eigenvalue weighted by molar-refractivity contribution is -0.0454. The van der Waals surface area contributed by atoms with Crippen LogP contribution in [0.25, 0.3) is 0 Å². The molecule has 4 rings (SSSR count). The van der Waals surface area contributed by atoms with Gasteiger partial charge in [0.1, 0.15) is 6.23 Å². The summed E-state index contributed by atoms with van der Waals surface area (Å²) in [6.07, 6.45) is 3.05. The Morgan fingerprint density at radius 1 is 0.808 bits per heavy atom. The first-order chi connectivity index (χ1) is 12.8. The van der Waals surface area contributed by atoms with Crippen LogP contribution in [0.15, 0.2) is 91.0 Å². The monoisotopic (exact) mass is 343 g/mol. The number of hydrogen-bond acceptors (Lipinski definition) is 2. The largest absolute Gasteiger partial charge is 0.347 e. The Bertz CT molecular complexity index is 779. The summed E-state index contributed by atoms with van der Waals surface area (Å²) in [5.74, 6) is 0. The van der Waals surface area contributed by atoms with Crippen molar-refractivity contribution in [3.8, 4) is 0 Å². The average molecular weight is 343 g/mol. The molecule has 26 heavy (non-hydrogen) atoms. The van der Waals surface area contributed by atoms with Gasteiger partial charge < -0.3 is 9.64 Å². The molecule has 2 unspecified atom stereocenters. The van der Waals surface area contributed by atoms with Crippen LogP contribution in [0.1, 0.15) is 31.7 Å². The van der Waals surface area contributed by atoms with E-state index in [1.54, 1.807) is 0 Å². The number of benzene rings is 3. The van der Waals surface area contributed by atoms with Crippen molar-refractivity contribution in [1.82, 2.24) is 0 Å². The van der Waals surface area contributed by atoms with Gasteiger partial charge in [-0.2, -0.15) is 0 Å². The smallest absolute Gasteiger partial charge is 0.135 e. The minimum atomic E-state index is -0.201. The summed E-state index contributed by atoms with van der Waals surface area (Å²) in [4.78, 5) is 2.33. The van der Waals surface area contributed by atoms with Gasteiger partial charge in [-0.3, -0.25) is 0 Å². The third-order valence-electron chi connectivity index (χ3n) is 5.38. The summed E-state index contributed by atoms with van der Waals surface area (Å²) in [6.45, 7) is 2.23. The zero-order valence-corrected chi connectivity index (χ0v) is 15.2. The van der Waals surface area contributed by atoms with Crippen molar-refractivity contribution in [2.45, 2.75) is 38.0 Å². The predicted molar refractivity (Wildman–Crippen MR) is 108 cm³/mol. The number of ether oxygens (including phenoxy) is 1. The molecule has 132 valence electrons. The zero-order chi connectivity index (χ0) is 17.8. The van der Waals surface area contributed by atoms with E-state index in [0.717, 1.165) is 19.3 Å². The summed E-state index contributed by atoms with van der Waals surface area (Å²) in [5, 5.41) is 0. The normalized spacial score (nSPS) is 22.3. The Morgan fingerprint density at radius 3 is 1.81 bits per heavy atom. The second-order valence-corrected chi connectivity index (χ2v) is 6.87. The second kappa shape index (κ2) is 7.35. The standard InChI is InChI=1S/C24H25NO/c1-2-24(20-12-6-3-7-13-20)19-18-23(26-24)25(21-14-8-4-9-15-21)22-16-10-5-11-17-22/h3-17,23H,2,18-19H2,1H3. The van der Waals surface area contributed by atoms with Crippen LogP contribution in [0.5, 0.6) is 0 Å². The lowest BCUT2D eigenvalue weighted by Crippen LogP contribution is -2.34. The van der Waals surface area contributed by atoms with E-state index >= 15 is 0 Å². The number of nitrogens with zero attached hydrogens (tertiary/aromatic N) is 1. The fourth-order valence-corrected chi connectivity index (χ4v) is 3.99. The van der Waals surface area contributed by atoms with E-state index in [4.69, 9.17) is 4.74 Å². The Labute approximate surface area is 156 Å². The van der Waals surface area contributed by atoms with E-state index in [9.17, 15) is 0 Å². The second-order valence-electron chi connectivity index (χ2n) is 6.87. The first-order valence-corrected chi connectivity index (χ1v) is 9.45. The third-order valence-corrected chi connectivity index (χ3v) is 5.38. The van der Waals surface area contributed by atoms with Crippen molar-refractivity contribution >= 4 is 11.4 Å². The molecule has 0 bridgehead atoms. The molecule has 0 radical (unpaired) electrons. The lowest BCUT2D eigenvalue weighted by Gasteiger charge is -2.34. The summed E-state index contributed by atoms with van der Waals surface area (Å²) in [5.41, 5.74) is 3.42. The molecule has 0 N–H and O–H groups in total. The Morgan fingerprint density at radius 2 is 1.31 bits per heavy atom. The molecule has 0 aromatic heterocycles. The van der Waals surface area contributed by atoms with Crippen LogP contribution in [0.2, 0.25) is 0 Å². The van der Waals surface area contributed by atoms with Gasteiger partial charge in [0.25, 0.3) is 0 Å². The van der Waals surface area contributed by atoms with E-state index in [-0.39, 0.29) is 11.8 Å². The maximum atomic E-state index is 6.78. The van der Waals surface area contributed by atoms with Crippen LogP contribution >= 0.6 is 0 Å². The van der Waals surface area contributed by atoms with Gasteiger partial charge in [0, 0.05) is 11.4 Å². The molecule has 0 saturated carbocycles. The summed E-state index contributed by atoms with van der Waals surface area (Å²) < 4.78 is 6.78. The fraction of sp³-hybridized carbons (Fsp3) is 0.250. The molecule has 0 amide bonds. The van der Waals surface area contributed by atoms with Crippen LogP contribution in [0, 0.1) is 0 Å². The molecular formula is C24H25NO. The van der Waals surface area contributed by atoms with Crippen LogP contribution in [0.3, 0.4) is 0 Å². The molecule has 1 saturated heterocycles. The fourth-order valence-electron chi connectivity index (χ4n) is 3.99. The van der Waals surface area contributed by atoms with Crippen molar-refractivity contribution in [1.29, 1.82) is 0 Å². The third kappa shape index (κ3) is 3.13. The van der Waals surface area contributed by atoms with E-state index in [2.05, 4.69) is 103 Å². The molecule has 2 heteroatoms. The van der Waals surface area contributed by atoms with E-state index in [1.807, 2.05) is 0 Å². The van der Waals surface area contributed by atoms with Gasteiger partial charge in [0.05, 0.1) is 5.60 Å². The molecule has 1 aliphatic rings. The van der Waals surface area contributed by atoms with E-state index in [1.165, 1.54) is 16.9 Å². The van der Waals surface area contributed by atoms with E-state index < -0.39 is 0 Å². The van der Waals surface area contributed by atoms with Gasteiger partial charge in [-0.25, -0.2) is 0 Å². The minimum Gasteiger partial charge on any atom is -0.347 e. The van der Waals surface area contributed by atoms with Crippen molar-refractivity contribution in [2.75, 3.05) is 4.90 Å². The van der Waals surface area contributed by atoms with E-state index in [0.29, 0.717) is 0 Å². The zero-order valence-electron chi connectivity index (χ0n) is 15.2. The molecule has 1 fully saturated rings. The number of anilines is 2. The van der Waals surface area contributed by atoms with Crippen molar-refractivity contribution in [3.05, 3.63) is 96.6 Å². The van der Waals surface area contributed by atoms with Crippen LogP contribution in [0.4, 0.5) is 11.4 Å².